The fourth-order valence-corrected chi connectivity index (χ4v) is 1.80. The fourth-order valence-electron chi connectivity index (χ4n) is 1.28. The van der Waals surface area contributed by atoms with Crippen molar-refractivity contribution in [3.05, 3.63) is 16.6 Å². The van der Waals surface area contributed by atoms with Gasteiger partial charge in [-0.2, -0.15) is 0 Å². The second-order valence-corrected chi connectivity index (χ2v) is 4.33. The molecule has 4 heteroatoms. The highest BCUT2D eigenvalue weighted by atomic mass is 32.1. The van der Waals surface area contributed by atoms with E-state index in [1.807, 2.05) is 11.8 Å². The molecule has 0 saturated carbocycles. The van der Waals surface area contributed by atoms with Crippen molar-refractivity contribution in [1.29, 1.82) is 0 Å². The van der Waals surface area contributed by atoms with E-state index in [2.05, 4.69) is 18.8 Å². The Kier molecular flexibility index (Phi) is 4.07. The molecule has 14 heavy (non-hydrogen) atoms. The number of rotatable bonds is 4. The highest BCUT2D eigenvalue weighted by molar-refractivity contribution is 7.07. The zero-order chi connectivity index (χ0) is 10.6. The molecule has 0 aromatic carbocycles. The van der Waals surface area contributed by atoms with Crippen LogP contribution in [-0.2, 0) is 0 Å². The number of nitrogens with zero attached hydrogens (tertiary/aromatic N) is 2. The van der Waals surface area contributed by atoms with Gasteiger partial charge in [-0.05, 0) is 12.8 Å². The first kappa shape index (κ1) is 11.2. The maximum atomic E-state index is 11.8. The number of aromatic nitrogens is 1. The van der Waals surface area contributed by atoms with Crippen LogP contribution in [0.2, 0.25) is 0 Å². The minimum absolute atomic E-state index is 0.0439. The lowest BCUT2D eigenvalue weighted by atomic mass is 10.2. The van der Waals surface area contributed by atoms with Crippen LogP contribution in [0.15, 0.2) is 10.9 Å². The van der Waals surface area contributed by atoms with Crippen LogP contribution in [-0.4, -0.2) is 28.9 Å². The molecule has 0 aliphatic carbocycles. The van der Waals surface area contributed by atoms with Gasteiger partial charge in [-0.3, -0.25) is 4.79 Å². The molecular formula is C10H16N2OS. The predicted octanol–water partition coefficient (Wildman–Crippen LogP) is 2.26. The van der Waals surface area contributed by atoms with E-state index in [1.54, 1.807) is 10.9 Å². The Morgan fingerprint density at radius 1 is 1.64 bits per heavy atom. The lowest BCUT2D eigenvalue weighted by molar-refractivity contribution is 0.0740. The zero-order valence-corrected chi connectivity index (χ0v) is 9.67. The monoisotopic (exact) mass is 212 g/mol. The van der Waals surface area contributed by atoms with Gasteiger partial charge in [0, 0.05) is 18.5 Å². The largest absolute Gasteiger partial charge is 0.337 e. The van der Waals surface area contributed by atoms with E-state index in [9.17, 15) is 4.79 Å². The van der Waals surface area contributed by atoms with E-state index in [0.29, 0.717) is 11.6 Å². The van der Waals surface area contributed by atoms with Crippen molar-refractivity contribution in [3.8, 4) is 0 Å². The second-order valence-electron chi connectivity index (χ2n) is 3.61. The van der Waals surface area contributed by atoms with E-state index >= 15 is 0 Å². The average Bonchev–Trinajstić information content (AvgIpc) is 2.65. The topological polar surface area (TPSA) is 33.2 Å². The van der Waals surface area contributed by atoms with E-state index in [1.165, 1.54) is 11.3 Å². The molecule has 0 N–H and O–H groups in total. The standard InChI is InChI=1S/C10H16N2OS/c1-4-12(5-8(2)3)10(13)9-6-14-7-11-9/h6-8H,4-5H2,1-3H3. The summed E-state index contributed by atoms with van der Waals surface area (Å²) in [6.07, 6.45) is 0. The molecule has 1 amide bonds. The fraction of sp³-hybridized carbons (Fsp3) is 0.600. The molecule has 0 fully saturated rings. The number of thiazole rings is 1. The third-order valence-electron chi connectivity index (χ3n) is 1.91. The molecular weight excluding hydrogens is 196 g/mol. The van der Waals surface area contributed by atoms with Crippen LogP contribution in [0, 0.1) is 5.92 Å². The molecule has 0 bridgehead atoms. The molecule has 0 spiro atoms. The molecule has 0 radical (unpaired) electrons. The summed E-state index contributed by atoms with van der Waals surface area (Å²) < 4.78 is 0. The Morgan fingerprint density at radius 2 is 2.36 bits per heavy atom. The van der Waals surface area contributed by atoms with Crippen LogP contribution in [0.1, 0.15) is 31.3 Å². The Hall–Kier alpha value is -0.900. The SMILES string of the molecule is CCN(CC(C)C)C(=O)c1cscn1. The van der Waals surface area contributed by atoms with Crippen LogP contribution in [0.5, 0.6) is 0 Å². The van der Waals surface area contributed by atoms with Crippen LogP contribution in [0.25, 0.3) is 0 Å². The third kappa shape index (κ3) is 2.80. The van der Waals surface area contributed by atoms with Crippen molar-refractivity contribution in [1.82, 2.24) is 9.88 Å². The molecule has 0 atom stereocenters. The first-order valence-corrected chi connectivity index (χ1v) is 5.76. The van der Waals surface area contributed by atoms with Crippen molar-refractivity contribution >= 4 is 17.2 Å². The predicted molar refractivity (Wildman–Crippen MR) is 58.5 cm³/mol. The summed E-state index contributed by atoms with van der Waals surface area (Å²) in [5.41, 5.74) is 2.26. The van der Waals surface area contributed by atoms with Crippen LogP contribution < -0.4 is 0 Å². The minimum atomic E-state index is 0.0439. The van der Waals surface area contributed by atoms with E-state index in [0.717, 1.165) is 13.1 Å². The summed E-state index contributed by atoms with van der Waals surface area (Å²) in [7, 11) is 0. The van der Waals surface area contributed by atoms with Gasteiger partial charge >= 0.3 is 0 Å². The summed E-state index contributed by atoms with van der Waals surface area (Å²) in [5.74, 6) is 0.542. The highest BCUT2D eigenvalue weighted by Gasteiger charge is 2.16. The van der Waals surface area contributed by atoms with Gasteiger partial charge in [-0.1, -0.05) is 13.8 Å². The summed E-state index contributed by atoms with van der Waals surface area (Å²) in [6, 6.07) is 0. The van der Waals surface area contributed by atoms with Gasteiger partial charge in [0.15, 0.2) is 0 Å². The quantitative estimate of drug-likeness (QED) is 0.767. The van der Waals surface area contributed by atoms with Gasteiger partial charge in [-0.15, -0.1) is 11.3 Å². The van der Waals surface area contributed by atoms with Crippen molar-refractivity contribution in [2.45, 2.75) is 20.8 Å². The molecule has 0 saturated heterocycles. The number of hydrogen-bond acceptors (Lipinski definition) is 3. The Bertz CT molecular complexity index is 282. The second kappa shape index (κ2) is 5.10. The van der Waals surface area contributed by atoms with Crippen LogP contribution in [0.4, 0.5) is 0 Å². The number of amides is 1. The Morgan fingerprint density at radius 3 is 2.79 bits per heavy atom. The molecule has 0 unspecified atom stereocenters. The third-order valence-corrected chi connectivity index (χ3v) is 2.49. The Labute approximate surface area is 88.8 Å². The van der Waals surface area contributed by atoms with Crippen LogP contribution in [0.3, 0.4) is 0 Å². The normalized spacial score (nSPS) is 10.6. The molecule has 0 aliphatic heterocycles. The summed E-state index contributed by atoms with van der Waals surface area (Å²) in [5, 5.41) is 1.80. The smallest absolute Gasteiger partial charge is 0.273 e. The Balaban J connectivity index is 2.66. The lowest BCUT2D eigenvalue weighted by Crippen LogP contribution is -2.34. The van der Waals surface area contributed by atoms with Gasteiger partial charge in [0.25, 0.3) is 5.91 Å². The van der Waals surface area contributed by atoms with Crippen molar-refractivity contribution < 1.29 is 4.79 Å². The summed E-state index contributed by atoms with van der Waals surface area (Å²) >= 11 is 1.46. The van der Waals surface area contributed by atoms with Crippen molar-refractivity contribution in [2.75, 3.05) is 13.1 Å². The van der Waals surface area contributed by atoms with Crippen LogP contribution >= 0.6 is 11.3 Å². The van der Waals surface area contributed by atoms with Gasteiger partial charge in [-0.25, -0.2) is 4.98 Å². The molecule has 0 aliphatic rings. The number of hydrogen-bond donors (Lipinski definition) is 0. The van der Waals surface area contributed by atoms with Crippen molar-refractivity contribution in [3.63, 3.8) is 0 Å². The van der Waals surface area contributed by atoms with E-state index < -0.39 is 0 Å². The number of carbonyl (C=O) groups excluding carboxylic acids is 1. The lowest BCUT2D eigenvalue weighted by Gasteiger charge is -2.21. The average molecular weight is 212 g/mol. The molecule has 1 heterocycles. The van der Waals surface area contributed by atoms with Gasteiger partial charge in [0.05, 0.1) is 5.51 Å². The highest BCUT2D eigenvalue weighted by Crippen LogP contribution is 2.07. The maximum absolute atomic E-state index is 11.8. The first-order valence-electron chi connectivity index (χ1n) is 4.82. The first-order chi connectivity index (χ1) is 6.65. The van der Waals surface area contributed by atoms with E-state index in [-0.39, 0.29) is 5.91 Å². The molecule has 1 aromatic heterocycles. The molecule has 1 aromatic rings. The number of carbonyl (C=O) groups is 1. The van der Waals surface area contributed by atoms with Gasteiger partial charge in [0.2, 0.25) is 0 Å². The van der Waals surface area contributed by atoms with Gasteiger partial charge in [0.1, 0.15) is 5.69 Å². The zero-order valence-electron chi connectivity index (χ0n) is 8.86. The summed E-state index contributed by atoms with van der Waals surface area (Å²) in [4.78, 5) is 17.7. The molecule has 3 nitrogen and oxygen atoms in total. The maximum Gasteiger partial charge on any atom is 0.273 e. The van der Waals surface area contributed by atoms with E-state index in [4.69, 9.17) is 0 Å². The molecule has 78 valence electrons. The minimum Gasteiger partial charge on any atom is -0.337 e. The van der Waals surface area contributed by atoms with Gasteiger partial charge < -0.3 is 4.90 Å². The molecule has 1 rings (SSSR count). The summed E-state index contributed by atoms with van der Waals surface area (Å²) in [6.45, 7) is 7.75. The van der Waals surface area contributed by atoms with Crippen molar-refractivity contribution in [2.24, 2.45) is 5.92 Å².